The van der Waals surface area contributed by atoms with Crippen LogP contribution in [0.5, 0.6) is 5.75 Å². The minimum atomic E-state index is -4.87. The average molecular weight is 469 g/mol. The van der Waals surface area contributed by atoms with E-state index in [1.807, 2.05) is 18.2 Å². The van der Waals surface area contributed by atoms with Crippen LogP contribution < -0.4 is 4.74 Å². The Morgan fingerprint density at radius 2 is 1.62 bits per heavy atom. The highest BCUT2D eigenvalue weighted by Gasteiger charge is 2.31. The van der Waals surface area contributed by atoms with Gasteiger partial charge in [0.05, 0.1) is 16.5 Å². The Balaban J connectivity index is 1.88. The monoisotopic (exact) mass is 469 g/mol. The smallest absolute Gasteiger partial charge is 0.406 e. The van der Waals surface area contributed by atoms with Gasteiger partial charge in [-0.25, -0.2) is 12.7 Å². The summed E-state index contributed by atoms with van der Waals surface area (Å²) in [5, 5.41) is 8.81. The number of benzene rings is 2. The van der Waals surface area contributed by atoms with Crippen molar-refractivity contribution in [1.82, 2.24) is 9.21 Å². The van der Waals surface area contributed by atoms with Crippen LogP contribution in [0.25, 0.3) is 0 Å². The molecular weight excluding hydrogens is 447 g/mol. The fourth-order valence-electron chi connectivity index (χ4n) is 2.72. The first kappa shape index (κ1) is 25.2. The molecule has 2 aromatic carbocycles. The summed E-state index contributed by atoms with van der Waals surface area (Å²) in [5.41, 5.74) is 1.51. The van der Waals surface area contributed by atoms with Crippen molar-refractivity contribution < 1.29 is 31.1 Å². The molecule has 0 unspecified atom stereocenters. The van der Waals surface area contributed by atoms with Crippen molar-refractivity contribution in [3.63, 3.8) is 0 Å². The van der Waals surface area contributed by atoms with Crippen LogP contribution in [0.15, 0.2) is 53.4 Å². The zero-order valence-electron chi connectivity index (χ0n) is 17.5. The molecule has 0 aliphatic rings. The highest BCUT2D eigenvalue weighted by Crippen LogP contribution is 2.24. The van der Waals surface area contributed by atoms with Crippen molar-refractivity contribution in [2.24, 2.45) is 0 Å². The van der Waals surface area contributed by atoms with Crippen LogP contribution >= 0.6 is 0 Å². The van der Waals surface area contributed by atoms with Crippen molar-refractivity contribution in [3.05, 3.63) is 59.7 Å². The zero-order valence-corrected chi connectivity index (χ0v) is 18.3. The fraction of sp³-hybridized carbons (Fsp3) is 0.333. The lowest BCUT2D eigenvalue weighted by molar-refractivity contribution is -0.274. The minimum Gasteiger partial charge on any atom is -0.406 e. The van der Waals surface area contributed by atoms with Crippen molar-refractivity contribution in [3.8, 4) is 11.8 Å². The molecule has 0 atom stereocenters. The van der Waals surface area contributed by atoms with Crippen LogP contribution in [0.4, 0.5) is 13.2 Å². The van der Waals surface area contributed by atoms with Crippen LogP contribution in [-0.2, 0) is 21.2 Å². The predicted molar refractivity (Wildman–Crippen MR) is 110 cm³/mol. The number of carbonyl (C=O) groups is 1. The number of carbonyl (C=O) groups excluding carboxylic acids is 1. The molecule has 2 aromatic rings. The summed E-state index contributed by atoms with van der Waals surface area (Å²) in [6, 6.07) is 12.9. The predicted octanol–water partition coefficient (Wildman–Crippen LogP) is 3.17. The molecule has 0 fully saturated rings. The van der Waals surface area contributed by atoms with Gasteiger partial charge in [-0.1, -0.05) is 12.1 Å². The largest absolute Gasteiger partial charge is 0.573 e. The summed E-state index contributed by atoms with van der Waals surface area (Å²) >= 11 is 0. The number of halogens is 3. The molecule has 0 N–H and O–H groups in total. The number of amides is 1. The maximum Gasteiger partial charge on any atom is 0.573 e. The van der Waals surface area contributed by atoms with Crippen molar-refractivity contribution >= 4 is 15.9 Å². The van der Waals surface area contributed by atoms with Crippen molar-refractivity contribution in [2.75, 3.05) is 27.2 Å². The molecule has 0 spiro atoms. The van der Waals surface area contributed by atoms with Crippen molar-refractivity contribution in [1.29, 1.82) is 5.26 Å². The van der Waals surface area contributed by atoms with Crippen molar-refractivity contribution in [2.45, 2.75) is 24.1 Å². The first-order chi connectivity index (χ1) is 14.9. The van der Waals surface area contributed by atoms with E-state index in [2.05, 4.69) is 4.74 Å². The Kier molecular flexibility index (Phi) is 8.24. The number of alkyl halides is 3. The van der Waals surface area contributed by atoms with E-state index in [1.54, 1.807) is 19.2 Å². The number of hydrogen-bond donors (Lipinski definition) is 0. The van der Waals surface area contributed by atoms with Crippen LogP contribution in [-0.4, -0.2) is 57.1 Å². The maximum absolute atomic E-state index is 12.6. The lowest BCUT2D eigenvalue weighted by Crippen LogP contribution is -2.34. The third kappa shape index (κ3) is 7.25. The van der Waals surface area contributed by atoms with Gasteiger partial charge in [-0.05, 0) is 48.4 Å². The lowest BCUT2D eigenvalue weighted by Gasteiger charge is -2.21. The van der Waals surface area contributed by atoms with Crippen LogP contribution in [0.3, 0.4) is 0 Å². The molecule has 0 aliphatic heterocycles. The van der Waals surface area contributed by atoms with Gasteiger partial charge in [0, 0.05) is 33.6 Å². The molecule has 32 heavy (non-hydrogen) atoms. The summed E-state index contributed by atoms with van der Waals surface area (Å²) < 4.78 is 66.6. The van der Waals surface area contributed by atoms with Gasteiger partial charge >= 0.3 is 6.36 Å². The number of likely N-dealkylation sites (N-methyl/N-ethyl adjacent to an activating group) is 1. The molecule has 11 heteroatoms. The second-order valence-corrected chi connectivity index (χ2v) is 9.01. The van der Waals surface area contributed by atoms with Gasteiger partial charge in [0.15, 0.2) is 0 Å². The third-order valence-corrected chi connectivity index (χ3v) is 6.52. The SMILES string of the molecule is CN(CCc1ccc(C#N)cc1)C(=O)CCN(C)S(=O)(=O)c1ccc(OC(F)(F)F)cc1. The minimum absolute atomic E-state index is 0.0606. The van der Waals surface area contributed by atoms with Crippen LogP contribution in [0, 0.1) is 11.3 Å². The van der Waals surface area contributed by atoms with E-state index in [9.17, 15) is 26.4 Å². The molecule has 7 nitrogen and oxygen atoms in total. The maximum atomic E-state index is 12.6. The Hall–Kier alpha value is -3.10. The van der Waals surface area contributed by atoms with Gasteiger partial charge in [-0.3, -0.25) is 4.79 Å². The van der Waals surface area contributed by atoms with E-state index in [1.165, 1.54) is 11.9 Å². The molecular formula is C21H22F3N3O4S. The average Bonchev–Trinajstić information content (AvgIpc) is 2.75. The van der Waals surface area contributed by atoms with E-state index in [-0.39, 0.29) is 23.8 Å². The quantitative estimate of drug-likeness (QED) is 0.563. The number of nitriles is 1. The molecule has 0 aliphatic carbocycles. The molecule has 0 heterocycles. The van der Waals surface area contributed by atoms with Gasteiger partial charge < -0.3 is 9.64 Å². The van der Waals surface area contributed by atoms with Crippen LogP contribution in [0.1, 0.15) is 17.5 Å². The molecule has 172 valence electrons. The van der Waals surface area contributed by atoms with Gasteiger partial charge in [0.2, 0.25) is 15.9 Å². The van der Waals surface area contributed by atoms with E-state index >= 15 is 0 Å². The van der Waals surface area contributed by atoms with Gasteiger partial charge in [0.25, 0.3) is 0 Å². The Morgan fingerprint density at radius 1 is 1.03 bits per heavy atom. The second-order valence-electron chi connectivity index (χ2n) is 6.97. The number of hydrogen-bond acceptors (Lipinski definition) is 5. The lowest BCUT2D eigenvalue weighted by atomic mass is 10.1. The Morgan fingerprint density at radius 3 is 2.16 bits per heavy atom. The fourth-order valence-corrected chi connectivity index (χ4v) is 3.90. The third-order valence-electron chi connectivity index (χ3n) is 4.65. The molecule has 0 bridgehead atoms. The summed E-state index contributed by atoms with van der Waals surface area (Å²) in [5.74, 6) is -0.784. The normalized spacial score (nSPS) is 11.8. The summed E-state index contributed by atoms with van der Waals surface area (Å²) in [7, 11) is -1.08. The number of ether oxygens (including phenoxy) is 1. The van der Waals surface area contributed by atoms with E-state index in [0.717, 1.165) is 34.1 Å². The van der Waals surface area contributed by atoms with E-state index in [4.69, 9.17) is 5.26 Å². The van der Waals surface area contributed by atoms with Gasteiger partial charge in [-0.15, -0.1) is 13.2 Å². The number of rotatable bonds is 9. The van der Waals surface area contributed by atoms with Gasteiger partial charge in [0.1, 0.15) is 5.75 Å². The molecule has 0 saturated carbocycles. The number of nitrogens with zero attached hydrogens (tertiary/aromatic N) is 3. The summed E-state index contributed by atoms with van der Waals surface area (Å²) in [6.07, 6.45) is -4.35. The summed E-state index contributed by atoms with van der Waals surface area (Å²) in [4.78, 5) is 13.6. The molecule has 2 rings (SSSR count). The molecule has 0 radical (unpaired) electrons. The zero-order chi connectivity index (χ0) is 23.9. The van der Waals surface area contributed by atoms with E-state index < -0.39 is 22.1 Å². The van der Waals surface area contributed by atoms with E-state index in [0.29, 0.717) is 18.5 Å². The topological polar surface area (TPSA) is 90.7 Å². The highest BCUT2D eigenvalue weighted by molar-refractivity contribution is 7.89. The Labute approximate surface area is 184 Å². The first-order valence-electron chi connectivity index (χ1n) is 9.47. The molecule has 1 amide bonds. The number of sulfonamides is 1. The Bertz CT molecular complexity index is 1060. The molecule has 0 saturated heterocycles. The van der Waals surface area contributed by atoms with Crippen LogP contribution in [0.2, 0.25) is 0 Å². The first-order valence-corrected chi connectivity index (χ1v) is 10.9. The second kappa shape index (κ2) is 10.5. The van der Waals surface area contributed by atoms with Gasteiger partial charge in [-0.2, -0.15) is 5.26 Å². The molecule has 0 aromatic heterocycles. The summed E-state index contributed by atoms with van der Waals surface area (Å²) in [6.45, 7) is 0.324. The highest BCUT2D eigenvalue weighted by atomic mass is 32.2. The standard InChI is InChI=1S/C21H22F3N3O4S/c1-26(13-11-16-3-5-17(15-25)6-4-16)20(28)12-14-27(2)32(29,30)19-9-7-18(8-10-19)31-21(22,23)24/h3-10H,11-14H2,1-2H3.